The fraction of sp³-hybridized carbons (Fsp3) is 0.379. The summed E-state index contributed by atoms with van der Waals surface area (Å²) < 4.78 is 37.9. The Kier molecular flexibility index (Phi) is 7.95. The van der Waals surface area contributed by atoms with E-state index in [2.05, 4.69) is 36.4 Å². The maximum atomic E-state index is 13.5. The molecule has 186 valence electrons. The quantitative estimate of drug-likeness (QED) is 0.193. The van der Waals surface area contributed by atoms with Crippen LogP contribution >= 0.6 is 7.82 Å². The molecule has 35 heavy (non-hydrogen) atoms. The number of ether oxygens (including phenoxy) is 1. The summed E-state index contributed by atoms with van der Waals surface area (Å²) in [6.45, 7) is 7.52. The Morgan fingerprint density at radius 3 is 1.40 bits per heavy atom. The van der Waals surface area contributed by atoms with Crippen LogP contribution in [-0.4, -0.2) is 24.4 Å². The first-order valence-electron chi connectivity index (χ1n) is 12.3. The third-order valence-corrected chi connectivity index (χ3v) is 7.86. The molecule has 6 heteroatoms. The van der Waals surface area contributed by atoms with E-state index in [9.17, 15) is 4.57 Å². The van der Waals surface area contributed by atoms with Crippen LogP contribution in [0.25, 0.3) is 0 Å². The Labute approximate surface area is 209 Å². The van der Waals surface area contributed by atoms with Gasteiger partial charge in [0, 0.05) is 0 Å². The molecule has 0 atom stereocenters. The molecule has 0 aromatic heterocycles. The molecule has 0 aliphatic heterocycles. The molecule has 0 heterocycles. The molecule has 1 aliphatic carbocycles. The predicted octanol–water partition coefficient (Wildman–Crippen LogP) is 7.50. The van der Waals surface area contributed by atoms with Crippen molar-refractivity contribution in [2.45, 2.75) is 63.9 Å². The van der Waals surface area contributed by atoms with Crippen LogP contribution in [0, 0.1) is 0 Å². The molecule has 0 N–H and O–H groups in total. The van der Waals surface area contributed by atoms with Crippen molar-refractivity contribution in [3.8, 4) is 0 Å². The van der Waals surface area contributed by atoms with Gasteiger partial charge in [-0.15, -0.1) is 0 Å². The Morgan fingerprint density at radius 2 is 1.09 bits per heavy atom. The van der Waals surface area contributed by atoms with Gasteiger partial charge in [-0.3, -0.25) is 13.6 Å². The molecular formula is C29H35O5P. The van der Waals surface area contributed by atoms with Gasteiger partial charge < -0.3 is 4.74 Å². The second-order valence-electron chi connectivity index (χ2n) is 9.60. The minimum Gasteiger partial charge on any atom is -0.358 e. The van der Waals surface area contributed by atoms with Crippen molar-refractivity contribution in [1.29, 1.82) is 0 Å². The van der Waals surface area contributed by atoms with E-state index >= 15 is 0 Å². The second kappa shape index (κ2) is 10.8. The van der Waals surface area contributed by atoms with Gasteiger partial charge in [0.15, 0.2) is 0 Å². The Hall–Kier alpha value is -2.27. The van der Waals surface area contributed by atoms with Crippen molar-refractivity contribution < 1.29 is 22.9 Å². The first-order valence-corrected chi connectivity index (χ1v) is 13.7. The van der Waals surface area contributed by atoms with Crippen LogP contribution in [0.3, 0.4) is 0 Å². The zero-order valence-corrected chi connectivity index (χ0v) is 21.8. The molecule has 0 radical (unpaired) electrons. The van der Waals surface area contributed by atoms with Crippen LogP contribution in [0.1, 0.15) is 57.2 Å². The normalized spacial score (nSPS) is 15.5. The average molecular weight is 495 g/mol. The van der Waals surface area contributed by atoms with E-state index in [1.807, 2.05) is 82.3 Å². The number of phosphoric ester groups is 1. The van der Waals surface area contributed by atoms with Gasteiger partial charge in [-0.1, -0.05) is 91.0 Å². The van der Waals surface area contributed by atoms with Gasteiger partial charge >= 0.3 is 7.82 Å². The van der Waals surface area contributed by atoms with E-state index in [1.165, 1.54) is 0 Å². The van der Waals surface area contributed by atoms with Gasteiger partial charge in [0.25, 0.3) is 0 Å². The van der Waals surface area contributed by atoms with Crippen LogP contribution in [0.4, 0.5) is 0 Å². The number of hydrogen-bond acceptors (Lipinski definition) is 5. The molecule has 0 amide bonds. The van der Waals surface area contributed by atoms with E-state index < -0.39 is 19.0 Å². The number of hydrogen-bond donors (Lipinski definition) is 0. The van der Waals surface area contributed by atoms with Crippen LogP contribution < -0.4 is 0 Å². The Balaban J connectivity index is 1.72. The molecule has 0 bridgehead atoms. The molecule has 1 saturated carbocycles. The highest BCUT2D eigenvalue weighted by molar-refractivity contribution is 7.48. The maximum absolute atomic E-state index is 13.5. The van der Waals surface area contributed by atoms with Gasteiger partial charge in [-0.05, 0) is 57.2 Å². The Morgan fingerprint density at radius 1 is 0.714 bits per heavy atom. The topological polar surface area (TPSA) is 54.0 Å². The number of benzene rings is 3. The monoisotopic (exact) mass is 494 g/mol. The third-order valence-electron chi connectivity index (χ3n) is 5.89. The summed E-state index contributed by atoms with van der Waals surface area (Å²) in [6, 6.07) is 30.6. The van der Waals surface area contributed by atoms with Crippen LogP contribution in [0.5, 0.6) is 0 Å². The van der Waals surface area contributed by atoms with Crippen molar-refractivity contribution in [3.63, 3.8) is 0 Å². The molecule has 1 fully saturated rings. The second-order valence-corrected chi connectivity index (χ2v) is 11.1. The lowest BCUT2D eigenvalue weighted by Gasteiger charge is -2.37. The van der Waals surface area contributed by atoms with Crippen molar-refractivity contribution in [2.24, 2.45) is 0 Å². The predicted molar refractivity (Wildman–Crippen MR) is 138 cm³/mol. The third kappa shape index (κ3) is 6.11. The van der Waals surface area contributed by atoms with E-state index in [-0.39, 0.29) is 18.8 Å². The summed E-state index contributed by atoms with van der Waals surface area (Å²) in [6.07, 6.45) is 0.838. The maximum Gasteiger partial charge on any atom is 0.475 e. The van der Waals surface area contributed by atoms with Crippen molar-refractivity contribution in [2.75, 3.05) is 6.61 Å². The summed E-state index contributed by atoms with van der Waals surface area (Å²) in [5.74, 6) is 0. The minimum absolute atomic E-state index is 0.235. The van der Waals surface area contributed by atoms with Gasteiger partial charge in [0.2, 0.25) is 0 Å². The molecule has 1 aliphatic rings. The number of phosphoric acid groups is 1. The van der Waals surface area contributed by atoms with Crippen LogP contribution in [0.2, 0.25) is 0 Å². The van der Waals surface area contributed by atoms with Gasteiger partial charge in [-0.25, -0.2) is 4.57 Å². The van der Waals surface area contributed by atoms with Crippen molar-refractivity contribution >= 4 is 7.82 Å². The summed E-state index contributed by atoms with van der Waals surface area (Å²) in [7, 11) is -3.77. The Bertz CT molecular complexity index is 1000. The van der Waals surface area contributed by atoms with E-state index in [0.717, 1.165) is 16.7 Å². The lowest BCUT2D eigenvalue weighted by Crippen LogP contribution is -2.37. The summed E-state index contributed by atoms with van der Waals surface area (Å²) >= 11 is 0. The first-order chi connectivity index (χ1) is 16.8. The van der Waals surface area contributed by atoms with E-state index in [0.29, 0.717) is 12.8 Å². The minimum atomic E-state index is -3.77. The number of rotatable bonds is 12. The molecule has 0 spiro atoms. The summed E-state index contributed by atoms with van der Waals surface area (Å²) in [4.78, 5) is 0. The SMILES string of the molecule is CC(C)OP(=O)(OC(C)C)OC1(COC(c2ccccc2)(c2ccccc2)c2ccccc2)CC1. The lowest BCUT2D eigenvalue weighted by molar-refractivity contribution is -0.0558. The zero-order chi connectivity index (χ0) is 24.9. The largest absolute Gasteiger partial charge is 0.475 e. The first kappa shape index (κ1) is 25.8. The standard InChI is InChI=1S/C29H35O5P/c1-23(2)32-35(30,33-24(3)4)34-28(20-21-28)22-31-29(25-14-8-5-9-15-25,26-16-10-6-11-17-26)27-18-12-7-13-19-27/h5-19,23-24H,20-22H2,1-4H3. The molecule has 4 rings (SSSR count). The highest BCUT2D eigenvalue weighted by Gasteiger charge is 2.53. The van der Waals surface area contributed by atoms with E-state index in [1.54, 1.807) is 0 Å². The average Bonchev–Trinajstić information content (AvgIpc) is 3.59. The fourth-order valence-electron chi connectivity index (χ4n) is 4.23. The van der Waals surface area contributed by atoms with E-state index in [4.69, 9.17) is 18.3 Å². The van der Waals surface area contributed by atoms with Gasteiger partial charge in [0.1, 0.15) is 11.2 Å². The molecule has 0 unspecified atom stereocenters. The van der Waals surface area contributed by atoms with Gasteiger partial charge in [0.05, 0.1) is 18.8 Å². The molecule has 3 aromatic rings. The van der Waals surface area contributed by atoms with Crippen LogP contribution in [-0.2, 0) is 28.5 Å². The summed E-state index contributed by atoms with van der Waals surface area (Å²) in [5.41, 5.74) is 1.42. The highest BCUT2D eigenvalue weighted by atomic mass is 31.2. The van der Waals surface area contributed by atoms with Crippen molar-refractivity contribution in [3.05, 3.63) is 108 Å². The van der Waals surface area contributed by atoms with Crippen molar-refractivity contribution in [1.82, 2.24) is 0 Å². The van der Waals surface area contributed by atoms with Crippen LogP contribution in [0.15, 0.2) is 91.0 Å². The summed E-state index contributed by atoms with van der Waals surface area (Å²) in [5, 5.41) is 0. The molecular weight excluding hydrogens is 459 g/mol. The van der Waals surface area contributed by atoms with Gasteiger partial charge in [-0.2, -0.15) is 0 Å². The molecule has 0 saturated heterocycles. The molecule has 5 nitrogen and oxygen atoms in total. The molecule has 3 aromatic carbocycles. The smallest absolute Gasteiger partial charge is 0.358 e. The highest BCUT2D eigenvalue weighted by Crippen LogP contribution is 2.60. The zero-order valence-electron chi connectivity index (χ0n) is 20.9. The lowest BCUT2D eigenvalue weighted by atomic mass is 9.80. The fourth-order valence-corrected chi connectivity index (χ4v) is 6.11.